The summed E-state index contributed by atoms with van der Waals surface area (Å²) in [5, 5.41) is 0. The lowest BCUT2D eigenvalue weighted by Crippen LogP contribution is -2.40. The molecule has 0 aromatic rings. The Kier molecular flexibility index (Phi) is 3.06. The molecule has 0 saturated carbocycles. The second kappa shape index (κ2) is 4.07. The molecule has 0 aromatic heterocycles. The van der Waals surface area contributed by atoms with Crippen molar-refractivity contribution in [2.24, 2.45) is 0 Å². The van der Waals surface area contributed by atoms with Crippen LogP contribution < -0.4 is 0 Å². The number of piperidine rings is 1. The van der Waals surface area contributed by atoms with E-state index in [0.717, 1.165) is 0 Å². The molecule has 4 nitrogen and oxygen atoms in total. The fraction of sp³-hybridized carbons (Fsp3) is 0.556. The zero-order valence-corrected chi connectivity index (χ0v) is 7.87. The van der Waals surface area contributed by atoms with Gasteiger partial charge in [-0.25, -0.2) is 0 Å². The van der Waals surface area contributed by atoms with Crippen molar-refractivity contribution in [3.63, 3.8) is 0 Å². The molecule has 72 valence electrons. The summed E-state index contributed by atoms with van der Waals surface area (Å²) in [6, 6.07) is 0. The molecule has 13 heavy (non-hydrogen) atoms. The van der Waals surface area contributed by atoms with E-state index in [0.29, 0.717) is 19.5 Å². The summed E-state index contributed by atoms with van der Waals surface area (Å²) >= 11 is 0. The van der Waals surface area contributed by atoms with Crippen LogP contribution in [0, 0.1) is 0 Å². The number of rotatable bonds is 2. The van der Waals surface area contributed by atoms with Crippen LogP contribution in [0.25, 0.3) is 0 Å². The number of hydrogen-bond donors (Lipinski definition) is 0. The minimum absolute atomic E-state index is 0.128. The first-order valence-electron chi connectivity index (χ1n) is 4.26. The summed E-state index contributed by atoms with van der Waals surface area (Å²) in [7, 11) is 1.43. The Morgan fingerprint density at radius 2 is 2.23 bits per heavy atom. The Hall–Kier alpha value is -1.32. The quantitative estimate of drug-likeness (QED) is 0.352. The van der Waals surface area contributed by atoms with E-state index in [-0.39, 0.29) is 17.3 Å². The van der Waals surface area contributed by atoms with Gasteiger partial charge in [-0.3, -0.25) is 9.59 Å². The zero-order valence-electron chi connectivity index (χ0n) is 7.87. The molecule has 1 amide bonds. The highest BCUT2D eigenvalue weighted by Gasteiger charge is 2.28. The zero-order chi connectivity index (χ0) is 9.84. The van der Waals surface area contributed by atoms with E-state index < -0.39 is 0 Å². The number of likely N-dealkylation sites (tertiary alicyclic amines) is 1. The molecule has 1 aliphatic rings. The number of amides is 1. The van der Waals surface area contributed by atoms with Gasteiger partial charge in [-0.15, -0.1) is 0 Å². The third-order valence-electron chi connectivity index (χ3n) is 2.04. The van der Waals surface area contributed by atoms with Gasteiger partial charge in [0.25, 0.3) is 5.91 Å². The van der Waals surface area contributed by atoms with Crippen molar-refractivity contribution in [3.8, 4) is 0 Å². The maximum absolute atomic E-state index is 11.5. The minimum Gasteiger partial charge on any atom is -0.503 e. The van der Waals surface area contributed by atoms with Gasteiger partial charge in [0.05, 0.1) is 13.4 Å². The topological polar surface area (TPSA) is 46.6 Å². The van der Waals surface area contributed by atoms with E-state index >= 15 is 0 Å². The van der Waals surface area contributed by atoms with E-state index in [9.17, 15) is 9.59 Å². The summed E-state index contributed by atoms with van der Waals surface area (Å²) in [5.74, 6) is -0.350. The molecule has 0 aliphatic carbocycles. The molecule has 0 radical (unpaired) electrons. The second-order valence-corrected chi connectivity index (χ2v) is 2.83. The molecular formula is C9H13NO3. The number of nitrogens with zero attached hydrogens (tertiary/aromatic N) is 1. The normalized spacial score (nSPS) is 21.1. The molecule has 1 saturated heterocycles. The number of carbonyl (C=O) groups is 2. The van der Waals surface area contributed by atoms with Crippen LogP contribution in [0.15, 0.2) is 11.8 Å². The van der Waals surface area contributed by atoms with E-state index in [2.05, 4.69) is 4.74 Å². The van der Waals surface area contributed by atoms with Gasteiger partial charge in [-0.2, -0.15) is 0 Å². The van der Waals surface area contributed by atoms with Gasteiger partial charge in [-0.05, 0) is 6.92 Å². The van der Waals surface area contributed by atoms with Crippen LogP contribution in [0.2, 0.25) is 0 Å². The van der Waals surface area contributed by atoms with E-state index in [1.54, 1.807) is 4.90 Å². The lowest BCUT2D eigenvalue weighted by Gasteiger charge is -2.25. The first-order chi connectivity index (χ1) is 6.20. The van der Waals surface area contributed by atoms with Gasteiger partial charge in [0.2, 0.25) is 0 Å². The Morgan fingerprint density at radius 1 is 1.54 bits per heavy atom. The first-order valence-corrected chi connectivity index (χ1v) is 4.26. The van der Waals surface area contributed by atoms with Crippen LogP contribution in [-0.2, 0) is 14.3 Å². The molecule has 1 aliphatic heterocycles. The molecule has 0 bridgehead atoms. The summed E-state index contributed by atoms with van der Waals surface area (Å²) in [5.41, 5.74) is 0.163. The standard InChI is InChI=1S/C9H13NO3/c1-3-10-5-4-8(11)7(6-13-2)9(10)12/h6H,3-5H2,1-2H3. The third kappa shape index (κ3) is 1.88. The molecule has 4 heteroatoms. The maximum atomic E-state index is 11.5. The van der Waals surface area contributed by atoms with Crippen molar-refractivity contribution in [2.75, 3.05) is 20.2 Å². The van der Waals surface area contributed by atoms with Gasteiger partial charge in [0.1, 0.15) is 5.57 Å². The molecule has 1 fully saturated rings. The highest BCUT2D eigenvalue weighted by Crippen LogP contribution is 2.13. The number of methoxy groups -OCH3 is 1. The van der Waals surface area contributed by atoms with Gasteiger partial charge < -0.3 is 9.64 Å². The fourth-order valence-electron chi connectivity index (χ4n) is 1.30. The van der Waals surface area contributed by atoms with Gasteiger partial charge >= 0.3 is 0 Å². The van der Waals surface area contributed by atoms with Crippen molar-refractivity contribution in [3.05, 3.63) is 11.8 Å². The van der Waals surface area contributed by atoms with Crippen molar-refractivity contribution in [1.29, 1.82) is 0 Å². The molecule has 0 unspecified atom stereocenters. The van der Waals surface area contributed by atoms with Crippen LogP contribution in [-0.4, -0.2) is 36.8 Å². The minimum atomic E-state index is -0.222. The number of ether oxygens (including phenoxy) is 1. The summed E-state index contributed by atoms with van der Waals surface area (Å²) in [6.07, 6.45) is 1.63. The number of likely N-dealkylation sites (N-methyl/N-ethyl adjacent to an activating group) is 1. The average molecular weight is 183 g/mol. The predicted octanol–water partition coefficient (Wildman–Crippen LogP) is 0.338. The highest BCUT2D eigenvalue weighted by molar-refractivity contribution is 6.20. The Morgan fingerprint density at radius 3 is 2.77 bits per heavy atom. The molecule has 0 aromatic carbocycles. The lowest BCUT2D eigenvalue weighted by atomic mass is 10.0. The highest BCUT2D eigenvalue weighted by atomic mass is 16.5. The fourth-order valence-corrected chi connectivity index (χ4v) is 1.30. The Labute approximate surface area is 77.2 Å². The van der Waals surface area contributed by atoms with Crippen LogP contribution in [0.3, 0.4) is 0 Å². The van der Waals surface area contributed by atoms with Gasteiger partial charge in [-0.1, -0.05) is 0 Å². The van der Waals surface area contributed by atoms with Crippen molar-refractivity contribution < 1.29 is 14.3 Å². The maximum Gasteiger partial charge on any atom is 0.260 e. The Balaban J connectivity index is 2.84. The SMILES string of the molecule is CCN1CCC(=O)C(=COC)C1=O. The van der Waals surface area contributed by atoms with Crippen molar-refractivity contribution in [1.82, 2.24) is 4.90 Å². The lowest BCUT2D eigenvalue weighted by molar-refractivity contribution is -0.133. The van der Waals surface area contributed by atoms with E-state index in [1.165, 1.54) is 13.4 Å². The largest absolute Gasteiger partial charge is 0.503 e. The van der Waals surface area contributed by atoms with Crippen LogP contribution in [0.4, 0.5) is 0 Å². The summed E-state index contributed by atoms with van der Waals surface area (Å²) < 4.78 is 4.68. The van der Waals surface area contributed by atoms with Crippen molar-refractivity contribution >= 4 is 11.7 Å². The monoisotopic (exact) mass is 183 g/mol. The molecule has 0 N–H and O–H groups in total. The predicted molar refractivity (Wildman–Crippen MR) is 47.0 cm³/mol. The van der Waals surface area contributed by atoms with Crippen LogP contribution in [0.1, 0.15) is 13.3 Å². The van der Waals surface area contributed by atoms with Gasteiger partial charge in [0.15, 0.2) is 5.78 Å². The summed E-state index contributed by atoms with van der Waals surface area (Å²) in [6.45, 7) is 3.04. The van der Waals surface area contributed by atoms with Crippen LogP contribution >= 0.6 is 0 Å². The van der Waals surface area contributed by atoms with E-state index in [4.69, 9.17) is 0 Å². The molecule has 1 heterocycles. The van der Waals surface area contributed by atoms with Crippen LogP contribution in [0.5, 0.6) is 0 Å². The third-order valence-corrected chi connectivity index (χ3v) is 2.04. The average Bonchev–Trinajstić information content (AvgIpc) is 2.12. The molecular weight excluding hydrogens is 170 g/mol. The Bertz CT molecular complexity index is 258. The van der Waals surface area contributed by atoms with Crippen molar-refractivity contribution in [2.45, 2.75) is 13.3 Å². The number of hydrogen-bond acceptors (Lipinski definition) is 3. The van der Waals surface area contributed by atoms with Gasteiger partial charge in [0, 0.05) is 19.5 Å². The van der Waals surface area contributed by atoms with E-state index in [1.807, 2.05) is 6.92 Å². The smallest absolute Gasteiger partial charge is 0.260 e. The number of Topliss-reactive ketones (excluding diaryl/α,β-unsaturated/α-hetero) is 1. The summed E-state index contributed by atoms with van der Waals surface area (Å²) in [4.78, 5) is 24.4. The first kappa shape index (κ1) is 9.77. The molecule has 1 rings (SSSR count). The number of ketones is 1. The molecule has 0 spiro atoms. The second-order valence-electron chi connectivity index (χ2n) is 2.83. The molecule has 0 atom stereocenters. The number of carbonyl (C=O) groups excluding carboxylic acids is 2.